The van der Waals surface area contributed by atoms with Crippen LogP contribution in [0, 0.1) is 6.92 Å². The number of carbonyl (C=O) groups is 2. The van der Waals surface area contributed by atoms with Crippen LogP contribution in [0.2, 0.25) is 0 Å². The van der Waals surface area contributed by atoms with E-state index in [4.69, 9.17) is 0 Å². The summed E-state index contributed by atoms with van der Waals surface area (Å²) in [5, 5.41) is 5.52. The van der Waals surface area contributed by atoms with Gasteiger partial charge in [-0.25, -0.2) is 0 Å². The van der Waals surface area contributed by atoms with E-state index in [9.17, 15) is 18.4 Å². The van der Waals surface area contributed by atoms with Gasteiger partial charge in [-0.3, -0.25) is 14.5 Å². The molecule has 2 amide bonds. The van der Waals surface area contributed by atoms with E-state index in [1.807, 2.05) is 38.1 Å². The Hall–Kier alpha value is -2.45. The number of thioether (sulfide) groups is 1. The third-order valence-corrected chi connectivity index (χ3v) is 4.86. The van der Waals surface area contributed by atoms with Gasteiger partial charge in [0.2, 0.25) is 11.8 Å². The minimum absolute atomic E-state index is 0.0112. The Labute approximate surface area is 173 Å². The van der Waals surface area contributed by atoms with E-state index < -0.39 is 5.76 Å². The summed E-state index contributed by atoms with van der Waals surface area (Å²) >= 11 is 0.384. The summed E-state index contributed by atoms with van der Waals surface area (Å²) in [6.45, 7) is 4.47. The Balaban J connectivity index is 1.96. The normalized spacial score (nSPS) is 11.0. The first kappa shape index (κ1) is 22.8. The number of amides is 2. The van der Waals surface area contributed by atoms with Gasteiger partial charge in [-0.15, -0.1) is 0 Å². The molecule has 0 saturated carbocycles. The van der Waals surface area contributed by atoms with Crippen LogP contribution < -0.4 is 10.6 Å². The van der Waals surface area contributed by atoms with E-state index in [2.05, 4.69) is 10.6 Å². The van der Waals surface area contributed by atoms with Crippen LogP contribution in [-0.2, 0) is 9.59 Å². The average Bonchev–Trinajstić information content (AvgIpc) is 2.65. The van der Waals surface area contributed by atoms with Crippen molar-refractivity contribution < 1.29 is 18.4 Å². The topological polar surface area (TPSA) is 61.4 Å². The minimum Gasteiger partial charge on any atom is -0.325 e. The van der Waals surface area contributed by atoms with Crippen molar-refractivity contribution in [2.75, 3.05) is 30.3 Å². The second kappa shape index (κ2) is 11.5. The molecule has 2 aromatic rings. The third kappa shape index (κ3) is 7.83. The summed E-state index contributed by atoms with van der Waals surface area (Å²) in [6.07, 6.45) is 0.767. The monoisotopic (exact) mass is 421 g/mol. The number of alkyl halides is 2. The SMILES string of the molecule is CCCN(CC(=O)Nc1ccccc1C)CC(=O)Nc1ccccc1SC(F)F. The second-order valence-corrected chi connectivity index (χ2v) is 7.53. The zero-order chi connectivity index (χ0) is 21.2. The number of carbonyl (C=O) groups excluding carboxylic acids is 2. The lowest BCUT2D eigenvalue weighted by Crippen LogP contribution is -2.39. The van der Waals surface area contributed by atoms with Crippen LogP contribution in [0.5, 0.6) is 0 Å². The predicted molar refractivity (Wildman–Crippen MR) is 113 cm³/mol. The zero-order valence-electron chi connectivity index (χ0n) is 16.5. The summed E-state index contributed by atoms with van der Waals surface area (Å²) in [6, 6.07) is 13.9. The Kier molecular flexibility index (Phi) is 9.08. The zero-order valence-corrected chi connectivity index (χ0v) is 17.3. The molecule has 0 bridgehead atoms. The molecule has 0 aliphatic rings. The van der Waals surface area contributed by atoms with Crippen LogP contribution in [-0.4, -0.2) is 42.1 Å². The van der Waals surface area contributed by atoms with Crippen molar-refractivity contribution in [1.29, 1.82) is 0 Å². The highest BCUT2D eigenvalue weighted by atomic mass is 32.2. The largest absolute Gasteiger partial charge is 0.325 e. The van der Waals surface area contributed by atoms with E-state index in [0.717, 1.165) is 17.7 Å². The molecule has 8 heteroatoms. The molecule has 2 N–H and O–H groups in total. The number of aryl methyl sites for hydroxylation is 1. The molecule has 2 aromatic carbocycles. The molecule has 0 saturated heterocycles. The van der Waals surface area contributed by atoms with E-state index in [-0.39, 0.29) is 24.9 Å². The van der Waals surface area contributed by atoms with E-state index in [1.165, 1.54) is 6.07 Å². The van der Waals surface area contributed by atoms with Gasteiger partial charge < -0.3 is 10.6 Å². The van der Waals surface area contributed by atoms with Gasteiger partial charge in [-0.2, -0.15) is 8.78 Å². The van der Waals surface area contributed by atoms with Crippen molar-refractivity contribution >= 4 is 35.0 Å². The van der Waals surface area contributed by atoms with Gasteiger partial charge in [-0.05, 0) is 43.7 Å². The molecule has 0 aromatic heterocycles. The highest BCUT2D eigenvalue weighted by Gasteiger charge is 2.16. The molecular weight excluding hydrogens is 396 g/mol. The van der Waals surface area contributed by atoms with Crippen molar-refractivity contribution in [3.8, 4) is 0 Å². The number of rotatable bonds is 10. The van der Waals surface area contributed by atoms with Crippen molar-refractivity contribution in [2.45, 2.75) is 30.9 Å². The van der Waals surface area contributed by atoms with Crippen LogP contribution in [0.4, 0.5) is 20.2 Å². The van der Waals surface area contributed by atoms with E-state index in [0.29, 0.717) is 28.9 Å². The fraction of sp³-hybridized carbons (Fsp3) is 0.333. The summed E-state index contributed by atoms with van der Waals surface area (Å²) in [7, 11) is 0. The number of halogens is 2. The van der Waals surface area contributed by atoms with Crippen LogP contribution in [0.25, 0.3) is 0 Å². The quantitative estimate of drug-likeness (QED) is 0.551. The first-order valence-electron chi connectivity index (χ1n) is 9.30. The summed E-state index contributed by atoms with van der Waals surface area (Å²) in [4.78, 5) is 26.9. The van der Waals surface area contributed by atoms with Gasteiger partial charge in [0.1, 0.15) is 0 Å². The molecule has 0 aliphatic heterocycles. The van der Waals surface area contributed by atoms with Gasteiger partial charge in [0.25, 0.3) is 5.76 Å². The fourth-order valence-electron chi connectivity index (χ4n) is 2.80. The van der Waals surface area contributed by atoms with Crippen molar-refractivity contribution in [3.05, 3.63) is 54.1 Å². The Morgan fingerprint density at radius 2 is 1.52 bits per heavy atom. The van der Waals surface area contributed by atoms with Gasteiger partial charge in [-0.1, -0.05) is 49.0 Å². The number of nitrogens with one attached hydrogen (secondary N) is 2. The minimum atomic E-state index is -2.57. The number of hydrogen-bond donors (Lipinski definition) is 2. The molecule has 0 radical (unpaired) electrons. The molecule has 0 heterocycles. The number of nitrogens with zero attached hydrogens (tertiary/aromatic N) is 1. The lowest BCUT2D eigenvalue weighted by atomic mass is 10.2. The maximum Gasteiger partial charge on any atom is 0.288 e. The molecular formula is C21H25F2N3O2S. The molecule has 0 fully saturated rings. The lowest BCUT2D eigenvalue weighted by molar-refractivity contribution is -0.120. The Morgan fingerprint density at radius 3 is 2.10 bits per heavy atom. The first-order valence-corrected chi connectivity index (χ1v) is 10.2. The van der Waals surface area contributed by atoms with Crippen molar-refractivity contribution in [1.82, 2.24) is 4.90 Å². The van der Waals surface area contributed by atoms with Crippen LogP contribution in [0.1, 0.15) is 18.9 Å². The molecule has 156 valence electrons. The van der Waals surface area contributed by atoms with Gasteiger partial charge in [0.15, 0.2) is 0 Å². The molecule has 5 nitrogen and oxygen atoms in total. The predicted octanol–water partition coefficient (Wildman–Crippen LogP) is 4.60. The summed E-state index contributed by atoms with van der Waals surface area (Å²) in [5.74, 6) is -3.14. The maximum absolute atomic E-state index is 12.7. The summed E-state index contributed by atoms with van der Waals surface area (Å²) < 4.78 is 25.4. The van der Waals surface area contributed by atoms with Crippen LogP contribution in [0.15, 0.2) is 53.4 Å². The van der Waals surface area contributed by atoms with E-state index in [1.54, 1.807) is 23.1 Å². The van der Waals surface area contributed by atoms with Gasteiger partial charge in [0.05, 0.1) is 18.8 Å². The molecule has 0 unspecified atom stereocenters. The Bertz CT molecular complexity index is 833. The van der Waals surface area contributed by atoms with Gasteiger partial charge in [0, 0.05) is 10.6 Å². The lowest BCUT2D eigenvalue weighted by Gasteiger charge is -2.21. The maximum atomic E-state index is 12.7. The highest BCUT2D eigenvalue weighted by molar-refractivity contribution is 7.99. The van der Waals surface area contributed by atoms with E-state index >= 15 is 0 Å². The first-order chi connectivity index (χ1) is 13.9. The summed E-state index contributed by atoms with van der Waals surface area (Å²) in [5.41, 5.74) is 2.02. The molecule has 29 heavy (non-hydrogen) atoms. The molecule has 2 rings (SSSR count). The number of para-hydroxylation sites is 2. The van der Waals surface area contributed by atoms with Gasteiger partial charge >= 0.3 is 0 Å². The molecule has 0 aliphatic carbocycles. The highest BCUT2D eigenvalue weighted by Crippen LogP contribution is 2.31. The van der Waals surface area contributed by atoms with Crippen LogP contribution in [0.3, 0.4) is 0 Å². The van der Waals surface area contributed by atoms with Crippen molar-refractivity contribution in [2.24, 2.45) is 0 Å². The Morgan fingerprint density at radius 1 is 0.966 bits per heavy atom. The number of benzene rings is 2. The van der Waals surface area contributed by atoms with Crippen molar-refractivity contribution in [3.63, 3.8) is 0 Å². The van der Waals surface area contributed by atoms with Crippen LogP contribution >= 0.6 is 11.8 Å². The molecule has 0 spiro atoms. The second-order valence-electron chi connectivity index (χ2n) is 6.50. The fourth-order valence-corrected chi connectivity index (χ4v) is 3.39. The molecule has 0 atom stereocenters. The average molecular weight is 422 g/mol. The standard InChI is InChI=1S/C21H25F2N3O2S/c1-3-12-26(13-19(27)24-16-9-5-4-8-15(16)2)14-20(28)25-17-10-6-7-11-18(17)29-21(22)23/h4-11,21H,3,12-14H2,1-2H3,(H,24,27)(H,25,28). The number of anilines is 2. The third-order valence-electron chi connectivity index (χ3n) is 4.07. The smallest absolute Gasteiger partial charge is 0.288 e. The number of hydrogen-bond acceptors (Lipinski definition) is 4.